The fourth-order valence-corrected chi connectivity index (χ4v) is 4.44. The Hall–Kier alpha value is -1.50. The molecule has 0 unspecified atom stereocenters. The summed E-state index contributed by atoms with van der Waals surface area (Å²) in [5.74, 6) is 0.0788. The number of likely N-dealkylation sites (tertiary alicyclic amines) is 2. The van der Waals surface area contributed by atoms with Crippen molar-refractivity contribution >= 4 is 5.91 Å². The summed E-state index contributed by atoms with van der Waals surface area (Å²) in [6, 6.07) is 7.39. The first-order valence-electron chi connectivity index (χ1n) is 9.29. The highest BCUT2D eigenvalue weighted by atomic mass is 19.1. The number of hydrogen-bond donors (Lipinski definition) is 0. The van der Waals surface area contributed by atoms with Crippen LogP contribution in [0.2, 0.25) is 0 Å². The molecule has 1 aromatic rings. The van der Waals surface area contributed by atoms with Gasteiger partial charge in [0.1, 0.15) is 5.82 Å². The Bertz CT molecular complexity index is 620. The van der Waals surface area contributed by atoms with E-state index in [2.05, 4.69) is 14.7 Å². The molecule has 136 valence electrons. The van der Waals surface area contributed by atoms with Crippen LogP contribution in [0, 0.1) is 5.82 Å². The van der Waals surface area contributed by atoms with E-state index in [-0.39, 0.29) is 17.8 Å². The molecule has 3 aliphatic heterocycles. The zero-order valence-corrected chi connectivity index (χ0v) is 14.6. The number of ether oxygens (including phenoxy) is 1. The van der Waals surface area contributed by atoms with E-state index in [1.807, 2.05) is 6.07 Å². The SMILES string of the molecule is O=C1C[C@@H]2[C@H](CCN2Cc2cccc(F)c2)N1CCN1CCOCC1. The number of halogens is 1. The van der Waals surface area contributed by atoms with Crippen LogP contribution >= 0.6 is 0 Å². The molecule has 0 N–H and O–H groups in total. The Morgan fingerprint density at radius 2 is 1.96 bits per heavy atom. The summed E-state index contributed by atoms with van der Waals surface area (Å²) in [6.45, 7) is 6.96. The molecule has 2 atom stereocenters. The summed E-state index contributed by atoms with van der Waals surface area (Å²) in [6.07, 6.45) is 1.62. The Labute approximate surface area is 148 Å². The number of hydrogen-bond acceptors (Lipinski definition) is 4. The van der Waals surface area contributed by atoms with Crippen molar-refractivity contribution < 1.29 is 13.9 Å². The number of rotatable bonds is 5. The van der Waals surface area contributed by atoms with Crippen LogP contribution in [0.4, 0.5) is 4.39 Å². The van der Waals surface area contributed by atoms with Gasteiger partial charge in [0.15, 0.2) is 0 Å². The zero-order chi connectivity index (χ0) is 17.2. The maximum Gasteiger partial charge on any atom is 0.224 e. The molecular weight excluding hydrogens is 321 g/mol. The fraction of sp³-hybridized carbons (Fsp3) is 0.632. The molecule has 3 aliphatic rings. The first-order chi connectivity index (χ1) is 12.2. The molecule has 1 amide bonds. The Balaban J connectivity index is 1.35. The fourth-order valence-electron chi connectivity index (χ4n) is 4.44. The molecule has 0 aliphatic carbocycles. The average Bonchev–Trinajstić information content (AvgIpc) is 3.13. The number of amides is 1. The molecule has 1 aromatic carbocycles. The minimum absolute atomic E-state index is 0.192. The monoisotopic (exact) mass is 347 g/mol. The van der Waals surface area contributed by atoms with Crippen LogP contribution in [0.25, 0.3) is 0 Å². The topological polar surface area (TPSA) is 36.0 Å². The molecular formula is C19H26FN3O2. The lowest BCUT2D eigenvalue weighted by atomic mass is 10.1. The number of fused-ring (bicyclic) bond motifs is 1. The van der Waals surface area contributed by atoms with Crippen LogP contribution in [0.5, 0.6) is 0 Å². The lowest BCUT2D eigenvalue weighted by Gasteiger charge is -2.30. The first kappa shape index (κ1) is 16.9. The number of nitrogens with zero attached hydrogens (tertiary/aromatic N) is 3. The van der Waals surface area contributed by atoms with Crippen molar-refractivity contribution in [2.45, 2.75) is 31.5 Å². The van der Waals surface area contributed by atoms with Gasteiger partial charge in [-0.15, -0.1) is 0 Å². The van der Waals surface area contributed by atoms with E-state index in [1.54, 1.807) is 12.1 Å². The number of benzene rings is 1. The number of carbonyl (C=O) groups excluding carboxylic acids is 1. The Kier molecular flexibility index (Phi) is 5.01. The van der Waals surface area contributed by atoms with Gasteiger partial charge in [0.2, 0.25) is 5.91 Å². The quantitative estimate of drug-likeness (QED) is 0.805. The molecule has 5 nitrogen and oxygen atoms in total. The van der Waals surface area contributed by atoms with Gasteiger partial charge >= 0.3 is 0 Å². The van der Waals surface area contributed by atoms with Crippen molar-refractivity contribution in [1.82, 2.24) is 14.7 Å². The minimum Gasteiger partial charge on any atom is -0.379 e. The van der Waals surface area contributed by atoms with Crippen molar-refractivity contribution in [1.29, 1.82) is 0 Å². The second-order valence-electron chi connectivity index (χ2n) is 7.27. The molecule has 4 rings (SSSR count). The molecule has 6 heteroatoms. The summed E-state index contributed by atoms with van der Waals surface area (Å²) in [4.78, 5) is 19.3. The second-order valence-corrected chi connectivity index (χ2v) is 7.27. The van der Waals surface area contributed by atoms with Gasteiger partial charge in [-0.1, -0.05) is 12.1 Å². The van der Waals surface area contributed by atoms with Crippen molar-refractivity contribution in [3.05, 3.63) is 35.6 Å². The van der Waals surface area contributed by atoms with Gasteiger partial charge in [0.25, 0.3) is 0 Å². The highest BCUT2D eigenvalue weighted by molar-refractivity contribution is 5.80. The second kappa shape index (κ2) is 7.40. The molecule has 3 fully saturated rings. The van der Waals surface area contributed by atoms with Gasteiger partial charge < -0.3 is 9.64 Å². The standard InChI is InChI=1S/C19H26FN3O2/c20-16-3-1-2-15(12-16)14-22-5-4-17-18(22)13-19(24)23(17)7-6-21-8-10-25-11-9-21/h1-3,12,17-18H,4-11,13-14H2/t17-,18+/m0/s1. The largest absolute Gasteiger partial charge is 0.379 e. The predicted molar refractivity (Wildman–Crippen MR) is 92.6 cm³/mol. The van der Waals surface area contributed by atoms with Crippen LogP contribution in [-0.4, -0.2) is 78.6 Å². The van der Waals surface area contributed by atoms with Gasteiger partial charge in [0, 0.05) is 57.8 Å². The molecule has 3 saturated heterocycles. The van der Waals surface area contributed by atoms with Crippen LogP contribution in [0.1, 0.15) is 18.4 Å². The number of morpholine rings is 1. The van der Waals surface area contributed by atoms with Crippen molar-refractivity contribution in [2.24, 2.45) is 0 Å². The summed E-state index contributed by atoms with van der Waals surface area (Å²) in [5.41, 5.74) is 0.986. The Morgan fingerprint density at radius 3 is 2.76 bits per heavy atom. The Morgan fingerprint density at radius 1 is 1.12 bits per heavy atom. The summed E-state index contributed by atoms with van der Waals surface area (Å²) >= 11 is 0. The van der Waals surface area contributed by atoms with Gasteiger partial charge in [-0.2, -0.15) is 0 Å². The molecule has 0 saturated carbocycles. The molecule has 25 heavy (non-hydrogen) atoms. The van der Waals surface area contributed by atoms with Gasteiger partial charge in [-0.3, -0.25) is 14.6 Å². The molecule has 0 spiro atoms. The summed E-state index contributed by atoms with van der Waals surface area (Å²) < 4.78 is 18.8. The summed E-state index contributed by atoms with van der Waals surface area (Å²) in [7, 11) is 0. The van der Waals surface area contributed by atoms with E-state index in [0.717, 1.165) is 64.5 Å². The third-order valence-electron chi connectivity index (χ3n) is 5.77. The normalized spacial score (nSPS) is 27.9. The zero-order valence-electron chi connectivity index (χ0n) is 14.6. The van der Waals surface area contributed by atoms with E-state index in [9.17, 15) is 9.18 Å². The van der Waals surface area contributed by atoms with Gasteiger partial charge in [-0.25, -0.2) is 4.39 Å². The van der Waals surface area contributed by atoms with E-state index in [4.69, 9.17) is 4.74 Å². The number of carbonyl (C=O) groups is 1. The van der Waals surface area contributed by atoms with Crippen molar-refractivity contribution in [3.63, 3.8) is 0 Å². The van der Waals surface area contributed by atoms with Crippen LogP contribution in [0.15, 0.2) is 24.3 Å². The average molecular weight is 347 g/mol. The lowest BCUT2D eigenvalue weighted by Crippen LogP contribution is -2.44. The highest BCUT2D eigenvalue weighted by Crippen LogP contribution is 2.33. The van der Waals surface area contributed by atoms with Crippen molar-refractivity contribution in [2.75, 3.05) is 45.9 Å². The predicted octanol–water partition coefficient (Wildman–Crippen LogP) is 1.33. The van der Waals surface area contributed by atoms with Gasteiger partial charge in [-0.05, 0) is 24.1 Å². The first-order valence-corrected chi connectivity index (χ1v) is 9.29. The lowest BCUT2D eigenvalue weighted by molar-refractivity contribution is -0.129. The molecule has 0 bridgehead atoms. The maximum absolute atomic E-state index is 13.4. The van der Waals surface area contributed by atoms with Gasteiger partial charge in [0.05, 0.1) is 13.2 Å². The van der Waals surface area contributed by atoms with E-state index >= 15 is 0 Å². The van der Waals surface area contributed by atoms with E-state index < -0.39 is 0 Å². The molecule has 0 aromatic heterocycles. The van der Waals surface area contributed by atoms with Crippen LogP contribution < -0.4 is 0 Å². The van der Waals surface area contributed by atoms with Crippen LogP contribution in [-0.2, 0) is 16.1 Å². The van der Waals surface area contributed by atoms with E-state index in [0.29, 0.717) is 12.5 Å². The summed E-state index contributed by atoms with van der Waals surface area (Å²) in [5, 5.41) is 0. The molecule has 3 heterocycles. The minimum atomic E-state index is -0.192. The third kappa shape index (κ3) is 3.71. The van der Waals surface area contributed by atoms with Crippen molar-refractivity contribution in [3.8, 4) is 0 Å². The smallest absolute Gasteiger partial charge is 0.224 e. The maximum atomic E-state index is 13.4. The molecule has 0 radical (unpaired) electrons. The third-order valence-corrected chi connectivity index (χ3v) is 5.77. The van der Waals surface area contributed by atoms with Crippen LogP contribution in [0.3, 0.4) is 0 Å². The highest BCUT2D eigenvalue weighted by Gasteiger charge is 2.46. The van der Waals surface area contributed by atoms with E-state index in [1.165, 1.54) is 6.07 Å².